The van der Waals surface area contributed by atoms with Gasteiger partial charge in [0.1, 0.15) is 18.0 Å². The van der Waals surface area contributed by atoms with Gasteiger partial charge in [0.05, 0.1) is 9.82 Å². The number of nitrogens with one attached hydrogen (secondary N) is 2. The molecular formula is C18H18FN3O7S. The maximum absolute atomic E-state index is 12.9. The molecule has 2 N–H and O–H groups in total. The van der Waals surface area contributed by atoms with Crippen molar-refractivity contribution in [2.24, 2.45) is 0 Å². The van der Waals surface area contributed by atoms with Crippen molar-refractivity contribution in [1.29, 1.82) is 0 Å². The van der Waals surface area contributed by atoms with Crippen LogP contribution in [0.15, 0.2) is 47.4 Å². The highest BCUT2D eigenvalue weighted by Crippen LogP contribution is 2.26. The Morgan fingerprint density at radius 1 is 1.20 bits per heavy atom. The molecule has 0 bridgehead atoms. The number of carbonyl (C=O) groups is 2. The van der Waals surface area contributed by atoms with E-state index in [1.54, 1.807) is 0 Å². The number of nitro benzene ring substituents is 1. The third-order valence-electron chi connectivity index (χ3n) is 3.96. The Morgan fingerprint density at radius 2 is 1.83 bits per heavy atom. The Bertz CT molecular complexity index is 1070. The topological polar surface area (TPSA) is 145 Å². The van der Waals surface area contributed by atoms with Gasteiger partial charge in [-0.25, -0.2) is 12.8 Å². The summed E-state index contributed by atoms with van der Waals surface area (Å²) in [5.74, 6) is -2.17. The molecule has 0 aliphatic carbocycles. The van der Waals surface area contributed by atoms with Gasteiger partial charge >= 0.3 is 5.97 Å². The highest BCUT2D eigenvalue weighted by molar-refractivity contribution is 7.89. The number of hydrogen-bond donors (Lipinski definition) is 2. The second-order valence-electron chi connectivity index (χ2n) is 6.01. The zero-order valence-corrected chi connectivity index (χ0v) is 16.7. The van der Waals surface area contributed by atoms with E-state index in [0.717, 1.165) is 24.3 Å². The lowest BCUT2D eigenvalue weighted by Crippen LogP contribution is -2.34. The van der Waals surface area contributed by atoms with E-state index in [1.807, 2.05) is 4.72 Å². The van der Waals surface area contributed by atoms with E-state index >= 15 is 0 Å². The van der Waals surface area contributed by atoms with Crippen LogP contribution in [0.3, 0.4) is 0 Å². The van der Waals surface area contributed by atoms with Crippen LogP contribution in [-0.2, 0) is 19.6 Å². The molecule has 160 valence electrons. The minimum atomic E-state index is -4.26. The van der Waals surface area contributed by atoms with Gasteiger partial charge in [0.2, 0.25) is 15.8 Å². The molecule has 2 rings (SSSR count). The molecular weight excluding hydrogens is 421 g/mol. The van der Waals surface area contributed by atoms with Crippen molar-refractivity contribution in [2.75, 3.05) is 18.9 Å². The molecule has 0 spiro atoms. The fourth-order valence-electron chi connectivity index (χ4n) is 2.42. The van der Waals surface area contributed by atoms with Gasteiger partial charge in [0.15, 0.2) is 6.10 Å². The first-order valence-electron chi connectivity index (χ1n) is 8.50. The summed E-state index contributed by atoms with van der Waals surface area (Å²) >= 11 is 0. The number of hydrogen-bond acceptors (Lipinski definition) is 8. The summed E-state index contributed by atoms with van der Waals surface area (Å²) in [4.78, 5) is 34.0. The predicted octanol–water partition coefficient (Wildman–Crippen LogP) is 1.87. The fraction of sp³-hybridized carbons (Fsp3) is 0.222. The summed E-state index contributed by atoms with van der Waals surface area (Å²) in [7, 11) is -2.82. The number of rotatable bonds is 9. The number of halogens is 1. The van der Waals surface area contributed by atoms with Crippen LogP contribution in [0.4, 0.5) is 15.8 Å². The summed E-state index contributed by atoms with van der Waals surface area (Å²) in [5, 5.41) is 13.6. The molecule has 12 heteroatoms. The third-order valence-corrected chi connectivity index (χ3v) is 5.36. The molecule has 0 amide bonds. The van der Waals surface area contributed by atoms with Crippen molar-refractivity contribution >= 4 is 33.2 Å². The number of ether oxygens (including phenoxy) is 1. The van der Waals surface area contributed by atoms with E-state index in [-0.39, 0.29) is 11.3 Å². The lowest BCUT2D eigenvalue weighted by atomic mass is 10.1. The van der Waals surface area contributed by atoms with E-state index in [4.69, 9.17) is 4.74 Å². The van der Waals surface area contributed by atoms with Crippen molar-refractivity contribution in [3.8, 4) is 0 Å². The number of nitro groups is 1. The van der Waals surface area contributed by atoms with Crippen LogP contribution in [-0.4, -0.2) is 44.8 Å². The molecule has 0 aliphatic heterocycles. The van der Waals surface area contributed by atoms with Crippen LogP contribution < -0.4 is 10.0 Å². The molecule has 0 saturated carbocycles. The number of Topliss-reactive ketones (excluding diaryl/α,β-unsaturated/α-hetero) is 1. The summed E-state index contributed by atoms with van der Waals surface area (Å²) in [5.41, 5.74) is -0.220. The quantitative estimate of drug-likeness (QED) is 0.261. The molecule has 0 radical (unpaired) electrons. The first-order valence-corrected chi connectivity index (χ1v) is 9.98. The molecule has 1 atom stereocenters. The van der Waals surface area contributed by atoms with Gasteiger partial charge in [0, 0.05) is 18.7 Å². The van der Waals surface area contributed by atoms with Crippen molar-refractivity contribution in [1.82, 2.24) is 4.72 Å². The number of anilines is 1. The fourth-order valence-corrected chi connectivity index (χ4v) is 3.41. The number of sulfonamides is 1. The number of esters is 1. The third kappa shape index (κ3) is 5.58. The Hall–Kier alpha value is -3.38. The zero-order valence-electron chi connectivity index (χ0n) is 15.9. The highest BCUT2D eigenvalue weighted by atomic mass is 32.2. The monoisotopic (exact) mass is 439 g/mol. The van der Waals surface area contributed by atoms with E-state index in [2.05, 4.69) is 5.32 Å². The molecule has 30 heavy (non-hydrogen) atoms. The number of benzene rings is 2. The normalized spacial score (nSPS) is 12.1. The smallest absolute Gasteiger partial charge is 0.321 e. The first-order chi connectivity index (χ1) is 14.0. The van der Waals surface area contributed by atoms with Crippen molar-refractivity contribution < 1.29 is 32.1 Å². The number of carbonyl (C=O) groups excluding carboxylic acids is 2. The average Bonchev–Trinajstić information content (AvgIpc) is 2.71. The average molecular weight is 439 g/mol. The SMILES string of the molecule is CNc1ccc(S(=O)(=O)NCC(=O)OC(C)C(=O)c2ccc(F)cc2)cc1[N+](=O)[O-]. The van der Waals surface area contributed by atoms with Crippen LogP contribution in [0, 0.1) is 15.9 Å². The molecule has 10 nitrogen and oxygen atoms in total. The highest BCUT2D eigenvalue weighted by Gasteiger charge is 2.24. The van der Waals surface area contributed by atoms with Gasteiger partial charge in [-0.15, -0.1) is 0 Å². The van der Waals surface area contributed by atoms with Gasteiger partial charge in [-0.1, -0.05) is 0 Å². The standard InChI is InChI=1S/C18H18FN3O7S/c1-11(18(24)12-3-5-13(19)6-4-12)29-17(23)10-21-30(27,28)14-7-8-15(20-2)16(9-14)22(25)26/h3-9,11,20-21H,10H2,1-2H3. The van der Waals surface area contributed by atoms with Crippen LogP contribution in [0.1, 0.15) is 17.3 Å². The zero-order chi connectivity index (χ0) is 22.5. The van der Waals surface area contributed by atoms with E-state index in [0.29, 0.717) is 0 Å². The van der Waals surface area contributed by atoms with Gasteiger partial charge in [0.25, 0.3) is 5.69 Å². The Labute approximate surface area is 171 Å². The number of ketones is 1. The Morgan fingerprint density at radius 3 is 2.40 bits per heavy atom. The van der Waals surface area contributed by atoms with E-state index < -0.39 is 55.7 Å². The maximum Gasteiger partial charge on any atom is 0.321 e. The molecule has 0 aliphatic rings. The summed E-state index contributed by atoms with van der Waals surface area (Å²) < 4.78 is 44.4. The molecule has 0 fully saturated rings. The largest absolute Gasteiger partial charge is 0.453 e. The van der Waals surface area contributed by atoms with Gasteiger partial charge in [-0.05, 0) is 43.3 Å². The Balaban J connectivity index is 2.02. The van der Waals surface area contributed by atoms with Crippen LogP contribution >= 0.6 is 0 Å². The molecule has 0 aromatic heterocycles. The van der Waals surface area contributed by atoms with Crippen LogP contribution in [0.2, 0.25) is 0 Å². The van der Waals surface area contributed by atoms with Gasteiger partial charge < -0.3 is 10.1 Å². The van der Waals surface area contributed by atoms with Crippen molar-refractivity contribution in [2.45, 2.75) is 17.9 Å². The van der Waals surface area contributed by atoms with Gasteiger partial charge in [-0.3, -0.25) is 19.7 Å². The first kappa shape index (κ1) is 22.9. The van der Waals surface area contributed by atoms with E-state index in [9.17, 15) is 32.5 Å². The van der Waals surface area contributed by atoms with E-state index in [1.165, 1.54) is 32.2 Å². The summed E-state index contributed by atoms with van der Waals surface area (Å²) in [6, 6.07) is 7.81. The molecule has 2 aromatic carbocycles. The minimum absolute atomic E-state index is 0.117. The van der Waals surface area contributed by atoms with Gasteiger partial charge in [-0.2, -0.15) is 4.72 Å². The maximum atomic E-state index is 12.9. The molecule has 0 heterocycles. The number of nitrogens with zero attached hydrogens (tertiary/aromatic N) is 1. The summed E-state index contributed by atoms with van der Waals surface area (Å²) in [6.07, 6.45) is -1.23. The minimum Gasteiger partial charge on any atom is -0.453 e. The van der Waals surface area contributed by atoms with Crippen molar-refractivity contribution in [3.63, 3.8) is 0 Å². The Kier molecular flexibility index (Phi) is 7.19. The molecule has 0 saturated heterocycles. The van der Waals surface area contributed by atoms with Crippen LogP contribution in [0.5, 0.6) is 0 Å². The summed E-state index contributed by atoms with van der Waals surface area (Å²) in [6.45, 7) is 0.489. The second-order valence-corrected chi connectivity index (χ2v) is 7.78. The molecule has 2 aromatic rings. The van der Waals surface area contributed by atoms with Crippen molar-refractivity contribution in [3.05, 3.63) is 64.0 Å². The predicted molar refractivity (Wildman–Crippen MR) is 104 cm³/mol. The van der Waals surface area contributed by atoms with Crippen LogP contribution in [0.25, 0.3) is 0 Å². The lowest BCUT2D eigenvalue weighted by Gasteiger charge is -2.13. The lowest BCUT2D eigenvalue weighted by molar-refractivity contribution is -0.384. The molecule has 1 unspecified atom stereocenters. The second kappa shape index (κ2) is 9.41.